The predicted octanol–water partition coefficient (Wildman–Crippen LogP) is 4.50. The van der Waals surface area contributed by atoms with E-state index in [-0.39, 0.29) is 6.03 Å². The number of hydrogen-bond donors (Lipinski definition) is 2. The predicted molar refractivity (Wildman–Crippen MR) is 92.7 cm³/mol. The molecule has 0 aromatic heterocycles. The Kier molecular flexibility index (Phi) is 7.33. The molecule has 1 aromatic carbocycles. The van der Waals surface area contributed by atoms with Crippen LogP contribution in [-0.2, 0) is 0 Å². The largest absolute Gasteiger partial charge is 0.492 e. The van der Waals surface area contributed by atoms with Crippen molar-refractivity contribution in [2.75, 3.05) is 13.2 Å². The zero-order valence-corrected chi connectivity index (χ0v) is 14.9. The van der Waals surface area contributed by atoms with E-state index in [2.05, 4.69) is 26.6 Å². The smallest absolute Gasteiger partial charge is 0.315 e. The average molecular weight is 390 g/mol. The van der Waals surface area contributed by atoms with Gasteiger partial charge in [-0.15, -0.1) is 0 Å². The Labute approximate surface area is 145 Å². The monoisotopic (exact) mass is 388 g/mol. The van der Waals surface area contributed by atoms with Crippen LogP contribution in [0.4, 0.5) is 4.79 Å². The quantitative estimate of drug-likeness (QED) is 0.704. The first-order valence-corrected chi connectivity index (χ1v) is 8.94. The molecule has 122 valence electrons. The molecule has 2 N–H and O–H groups in total. The molecule has 0 unspecified atom stereocenters. The molecular formula is C16H22BrClN2O2. The summed E-state index contributed by atoms with van der Waals surface area (Å²) in [5.41, 5.74) is 0. The van der Waals surface area contributed by atoms with Gasteiger partial charge in [-0.25, -0.2) is 4.79 Å². The molecular weight excluding hydrogens is 368 g/mol. The maximum atomic E-state index is 11.7. The van der Waals surface area contributed by atoms with Crippen LogP contribution >= 0.6 is 27.5 Å². The summed E-state index contributed by atoms with van der Waals surface area (Å²) < 4.78 is 6.52. The van der Waals surface area contributed by atoms with Gasteiger partial charge in [0.1, 0.15) is 5.75 Å². The maximum Gasteiger partial charge on any atom is 0.315 e. The van der Waals surface area contributed by atoms with Crippen LogP contribution in [0.1, 0.15) is 38.5 Å². The van der Waals surface area contributed by atoms with Crippen LogP contribution in [0, 0.1) is 0 Å². The van der Waals surface area contributed by atoms with Crippen LogP contribution in [0.5, 0.6) is 5.75 Å². The lowest BCUT2D eigenvalue weighted by atomic mass is 9.96. The number of rotatable bonds is 6. The second-order valence-corrected chi connectivity index (χ2v) is 6.83. The van der Waals surface area contributed by atoms with E-state index >= 15 is 0 Å². The molecule has 0 atom stereocenters. The number of hydrogen-bond acceptors (Lipinski definition) is 2. The van der Waals surface area contributed by atoms with Crippen LogP contribution in [0.25, 0.3) is 0 Å². The van der Waals surface area contributed by atoms with Gasteiger partial charge in [0.25, 0.3) is 0 Å². The number of halogens is 2. The number of benzene rings is 1. The van der Waals surface area contributed by atoms with E-state index in [9.17, 15) is 4.79 Å². The summed E-state index contributed by atoms with van der Waals surface area (Å²) in [6, 6.07) is 5.78. The first-order chi connectivity index (χ1) is 10.6. The van der Waals surface area contributed by atoms with Gasteiger partial charge in [0.15, 0.2) is 0 Å². The van der Waals surface area contributed by atoms with Gasteiger partial charge in [-0.05, 0) is 37.5 Å². The van der Waals surface area contributed by atoms with Crippen molar-refractivity contribution in [2.45, 2.75) is 44.6 Å². The van der Waals surface area contributed by atoms with Crippen molar-refractivity contribution in [2.24, 2.45) is 0 Å². The fraction of sp³-hybridized carbons (Fsp3) is 0.562. The van der Waals surface area contributed by atoms with Crippen molar-refractivity contribution in [3.63, 3.8) is 0 Å². The summed E-state index contributed by atoms with van der Waals surface area (Å²) in [4.78, 5) is 11.7. The Bertz CT molecular complexity index is 493. The summed E-state index contributed by atoms with van der Waals surface area (Å²) in [6.45, 7) is 1.11. The summed E-state index contributed by atoms with van der Waals surface area (Å²) >= 11 is 9.42. The van der Waals surface area contributed by atoms with Crippen LogP contribution in [0.2, 0.25) is 5.02 Å². The highest BCUT2D eigenvalue weighted by molar-refractivity contribution is 9.10. The van der Waals surface area contributed by atoms with E-state index in [1.807, 2.05) is 12.1 Å². The lowest BCUT2D eigenvalue weighted by molar-refractivity contribution is 0.231. The number of urea groups is 1. The maximum absolute atomic E-state index is 11.7. The van der Waals surface area contributed by atoms with Crippen LogP contribution in [0.3, 0.4) is 0 Å². The number of nitrogens with one attached hydrogen (secondary N) is 2. The molecule has 6 heteroatoms. The second kappa shape index (κ2) is 9.26. The van der Waals surface area contributed by atoms with Gasteiger partial charge in [0, 0.05) is 17.1 Å². The summed E-state index contributed by atoms with van der Waals surface area (Å²) in [6.07, 6.45) is 6.65. The Balaban J connectivity index is 1.57. The first-order valence-electron chi connectivity index (χ1n) is 7.77. The minimum Gasteiger partial charge on any atom is -0.492 e. The molecule has 0 bridgehead atoms. The van der Waals surface area contributed by atoms with Gasteiger partial charge < -0.3 is 15.4 Å². The Morgan fingerprint density at radius 3 is 2.82 bits per heavy atom. The topological polar surface area (TPSA) is 50.4 Å². The lowest BCUT2D eigenvalue weighted by Crippen LogP contribution is -2.43. The molecule has 0 spiro atoms. The van der Waals surface area contributed by atoms with Gasteiger partial charge in [-0.2, -0.15) is 0 Å². The standard InChI is InChI=1S/C16H22BrClN2O2/c17-12-7-8-15(14(18)11-12)22-10-4-9-19-16(21)20-13-5-2-1-3-6-13/h7-8,11,13H,1-6,9-10H2,(H2,19,20,21). The van der Waals surface area contributed by atoms with Crippen molar-refractivity contribution in [3.05, 3.63) is 27.7 Å². The minimum atomic E-state index is -0.0754. The molecule has 0 radical (unpaired) electrons. The third kappa shape index (κ3) is 6.05. The van der Waals surface area contributed by atoms with Crippen molar-refractivity contribution in [1.29, 1.82) is 0 Å². The van der Waals surface area contributed by atoms with E-state index in [0.29, 0.717) is 30.0 Å². The van der Waals surface area contributed by atoms with E-state index in [0.717, 1.165) is 23.7 Å². The first kappa shape index (κ1) is 17.4. The van der Waals surface area contributed by atoms with Crippen molar-refractivity contribution in [1.82, 2.24) is 10.6 Å². The highest BCUT2D eigenvalue weighted by Gasteiger charge is 2.14. The second-order valence-electron chi connectivity index (χ2n) is 5.51. The third-order valence-corrected chi connectivity index (χ3v) is 4.49. The number of carbonyl (C=O) groups is 1. The summed E-state index contributed by atoms with van der Waals surface area (Å²) in [7, 11) is 0. The van der Waals surface area contributed by atoms with Crippen molar-refractivity contribution in [3.8, 4) is 5.75 Å². The molecule has 22 heavy (non-hydrogen) atoms. The van der Waals surface area contributed by atoms with E-state index < -0.39 is 0 Å². The lowest BCUT2D eigenvalue weighted by Gasteiger charge is -2.22. The van der Waals surface area contributed by atoms with E-state index in [1.54, 1.807) is 6.07 Å². The third-order valence-electron chi connectivity index (χ3n) is 3.70. The van der Waals surface area contributed by atoms with Crippen molar-refractivity contribution < 1.29 is 9.53 Å². The molecule has 1 aromatic rings. The summed E-state index contributed by atoms with van der Waals surface area (Å²) in [5, 5.41) is 6.48. The highest BCUT2D eigenvalue weighted by Crippen LogP contribution is 2.27. The van der Waals surface area contributed by atoms with Gasteiger partial charge in [-0.1, -0.05) is 46.8 Å². The zero-order chi connectivity index (χ0) is 15.8. The molecule has 1 aliphatic rings. The average Bonchev–Trinajstić information content (AvgIpc) is 2.50. The molecule has 2 rings (SSSR count). The van der Waals surface area contributed by atoms with Gasteiger partial charge in [0.05, 0.1) is 11.6 Å². The molecule has 4 nitrogen and oxygen atoms in total. The SMILES string of the molecule is O=C(NCCCOc1ccc(Br)cc1Cl)NC1CCCCC1. The molecule has 0 aliphatic heterocycles. The van der Waals surface area contributed by atoms with E-state index in [4.69, 9.17) is 16.3 Å². The molecule has 1 fully saturated rings. The van der Waals surface area contributed by atoms with Crippen molar-refractivity contribution >= 4 is 33.6 Å². The Morgan fingerprint density at radius 2 is 2.09 bits per heavy atom. The summed E-state index contributed by atoms with van der Waals surface area (Å²) in [5.74, 6) is 0.663. The molecule has 2 amide bonds. The number of carbonyl (C=O) groups excluding carboxylic acids is 1. The van der Waals surface area contributed by atoms with Crippen LogP contribution < -0.4 is 15.4 Å². The fourth-order valence-electron chi connectivity index (χ4n) is 2.53. The van der Waals surface area contributed by atoms with Gasteiger partial charge in [0.2, 0.25) is 0 Å². The van der Waals surface area contributed by atoms with Crippen LogP contribution in [-0.4, -0.2) is 25.2 Å². The molecule has 0 heterocycles. The Hall–Kier alpha value is -0.940. The number of amides is 2. The zero-order valence-electron chi connectivity index (χ0n) is 12.5. The van der Waals surface area contributed by atoms with E-state index in [1.165, 1.54) is 19.3 Å². The highest BCUT2D eigenvalue weighted by atomic mass is 79.9. The minimum absolute atomic E-state index is 0.0754. The fourth-order valence-corrected chi connectivity index (χ4v) is 3.26. The van der Waals surface area contributed by atoms with Gasteiger partial charge in [-0.3, -0.25) is 0 Å². The molecule has 0 saturated heterocycles. The van der Waals surface area contributed by atoms with Gasteiger partial charge >= 0.3 is 6.03 Å². The molecule has 1 saturated carbocycles. The van der Waals surface area contributed by atoms with Crippen LogP contribution in [0.15, 0.2) is 22.7 Å². The number of ether oxygens (including phenoxy) is 1. The Morgan fingerprint density at radius 1 is 1.32 bits per heavy atom. The molecule has 1 aliphatic carbocycles. The normalized spacial score (nSPS) is 15.4.